The van der Waals surface area contributed by atoms with Gasteiger partial charge < -0.3 is 18.9 Å². The second-order valence-electron chi connectivity index (χ2n) is 12.6. The second kappa shape index (κ2) is 16.5. The van der Waals surface area contributed by atoms with Crippen LogP contribution in [0.2, 0.25) is 5.02 Å². The van der Waals surface area contributed by atoms with Gasteiger partial charge in [-0.05, 0) is 121 Å². The van der Waals surface area contributed by atoms with Crippen molar-refractivity contribution in [2.75, 3.05) is 54.2 Å². The Morgan fingerprint density at radius 1 is 0.833 bits per heavy atom. The molecule has 0 bridgehead atoms. The molecule has 1 fully saturated rings. The number of hydrogen-bond donors (Lipinski definition) is 1. The van der Waals surface area contributed by atoms with Gasteiger partial charge in [0.05, 0.1) is 19.2 Å². The number of unbranched alkanes of at least 4 members (excludes halogenated alkanes) is 2. The minimum absolute atomic E-state index is 0.166. The maximum absolute atomic E-state index is 14.2. The van der Waals surface area contributed by atoms with E-state index in [0.29, 0.717) is 65.9 Å². The van der Waals surface area contributed by atoms with Gasteiger partial charge in [-0.3, -0.25) is 9.45 Å². The molecule has 3 aromatic rings. The lowest BCUT2D eigenvalue weighted by Crippen LogP contribution is -2.39. The quantitative estimate of drug-likeness (QED) is 0.119. The number of benzene rings is 3. The van der Waals surface area contributed by atoms with E-state index in [-0.39, 0.29) is 6.42 Å². The number of piperidine rings is 1. The van der Waals surface area contributed by atoms with E-state index in [1.165, 1.54) is 19.3 Å². The summed E-state index contributed by atoms with van der Waals surface area (Å²) in [5.74, 6) is 1.87. The summed E-state index contributed by atoms with van der Waals surface area (Å²) >= 11 is 6.64. The molecule has 1 aliphatic carbocycles. The lowest BCUT2D eigenvalue weighted by Gasteiger charge is -2.39. The molecule has 0 aromatic heterocycles. The molecule has 1 atom stereocenters. The maximum atomic E-state index is 14.2. The monoisotopic (exact) mass is 697 g/mol. The highest BCUT2D eigenvalue weighted by Gasteiger charge is 2.50. The van der Waals surface area contributed by atoms with Gasteiger partial charge in [0.1, 0.15) is 28.6 Å². The third-order valence-corrected chi connectivity index (χ3v) is 11.5. The SMILES string of the molecule is COCCCCCC(C1=C(c2ccc(OC)c(Cl)c2)CCc2cc(OC)ccc21)(c1ccc(OCCN2CCCCC2)cc1)S(=O)(=O)O. The Balaban J connectivity index is 1.65. The zero-order valence-electron chi connectivity index (χ0n) is 28.3. The van der Waals surface area contributed by atoms with E-state index >= 15 is 0 Å². The van der Waals surface area contributed by atoms with Gasteiger partial charge in [0.15, 0.2) is 0 Å². The largest absolute Gasteiger partial charge is 0.497 e. The Morgan fingerprint density at radius 3 is 2.25 bits per heavy atom. The molecule has 0 radical (unpaired) electrons. The van der Waals surface area contributed by atoms with Crippen LogP contribution >= 0.6 is 11.6 Å². The molecule has 10 heteroatoms. The number of nitrogens with zero attached hydrogens (tertiary/aromatic N) is 1. The van der Waals surface area contributed by atoms with Crippen LogP contribution in [-0.4, -0.2) is 72.0 Å². The molecule has 0 spiro atoms. The van der Waals surface area contributed by atoms with Gasteiger partial charge in [-0.15, -0.1) is 0 Å². The number of likely N-dealkylation sites (tertiary alicyclic amines) is 1. The van der Waals surface area contributed by atoms with E-state index in [9.17, 15) is 13.0 Å². The van der Waals surface area contributed by atoms with Crippen LogP contribution in [0.3, 0.4) is 0 Å². The molecule has 260 valence electrons. The van der Waals surface area contributed by atoms with Crippen LogP contribution in [0, 0.1) is 0 Å². The Labute approximate surface area is 290 Å². The van der Waals surface area contributed by atoms with E-state index in [0.717, 1.165) is 54.7 Å². The average Bonchev–Trinajstić information content (AvgIpc) is 3.09. The molecule has 1 unspecified atom stereocenters. The van der Waals surface area contributed by atoms with Crippen molar-refractivity contribution in [1.82, 2.24) is 4.90 Å². The van der Waals surface area contributed by atoms with E-state index in [1.807, 2.05) is 42.5 Å². The molecule has 1 saturated heterocycles. The van der Waals surface area contributed by atoms with Crippen LogP contribution in [0.5, 0.6) is 17.2 Å². The van der Waals surface area contributed by atoms with Crippen LogP contribution in [-0.2, 0) is 26.0 Å². The fraction of sp³-hybridized carbons (Fsp3) is 0.474. The van der Waals surface area contributed by atoms with Crippen molar-refractivity contribution < 1.29 is 31.9 Å². The number of methoxy groups -OCH3 is 3. The van der Waals surface area contributed by atoms with Crippen LogP contribution in [0.4, 0.5) is 0 Å². The van der Waals surface area contributed by atoms with Gasteiger partial charge in [-0.1, -0.05) is 55.1 Å². The minimum atomic E-state index is -4.76. The predicted octanol–water partition coefficient (Wildman–Crippen LogP) is 8.07. The zero-order chi connectivity index (χ0) is 34.1. The molecule has 1 N–H and O–H groups in total. The summed E-state index contributed by atoms with van der Waals surface area (Å²) in [5, 5.41) is 0.422. The van der Waals surface area contributed by atoms with E-state index in [2.05, 4.69) is 4.90 Å². The Kier molecular flexibility index (Phi) is 12.5. The lowest BCUT2D eigenvalue weighted by atomic mass is 9.73. The second-order valence-corrected chi connectivity index (χ2v) is 14.7. The van der Waals surface area contributed by atoms with Crippen molar-refractivity contribution in [3.8, 4) is 17.2 Å². The fourth-order valence-corrected chi connectivity index (χ4v) is 8.80. The van der Waals surface area contributed by atoms with Crippen molar-refractivity contribution in [3.05, 3.63) is 87.9 Å². The number of aryl methyl sites for hydroxylation is 1. The number of rotatable bonds is 16. The first-order chi connectivity index (χ1) is 23.2. The average molecular weight is 698 g/mol. The summed E-state index contributed by atoms with van der Waals surface area (Å²) in [5.41, 5.74) is 4.35. The molecular weight excluding hydrogens is 650 g/mol. The first-order valence-electron chi connectivity index (χ1n) is 16.9. The standard InChI is InChI=1S/C38H48ClNO7S/c1-44-24-9-4-6-20-38(48(41,42)43,30-12-14-31(15-13-30)47-25-23-40-21-7-5-8-22-40)37-33(29-11-19-36(46-3)35(39)27-29)17-10-28-26-32(45-2)16-18-34(28)37/h11-16,18-19,26-27H,4-10,17,20-25H2,1-3H3,(H,41,42,43). The van der Waals surface area contributed by atoms with E-state index in [1.54, 1.807) is 39.5 Å². The van der Waals surface area contributed by atoms with E-state index in [4.69, 9.17) is 30.5 Å². The van der Waals surface area contributed by atoms with Crippen LogP contribution < -0.4 is 14.2 Å². The molecule has 0 amide bonds. The molecule has 3 aromatic carbocycles. The minimum Gasteiger partial charge on any atom is -0.497 e. The van der Waals surface area contributed by atoms with Gasteiger partial charge >= 0.3 is 0 Å². The van der Waals surface area contributed by atoms with Crippen molar-refractivity contribution >= 4 is 32.9 Å². The van der Waals surface area contributed by atoms with Crippen molar-refractivity contribution in [3.63, 3.8) is 0 Å². The third-order valence-electron chi connectivity index (χ3n) is 9.70. The molecule has 5 rings (SSSR count). The Morgan fingerprint density at radius 2 is 1.58 bits per heavy atom. The van der Waals surface area contributed by atoms with Gasteiger partial charge in [-0.2, -0.15) is 8.42 Å². The summed E-state index contributed by atoms with van der Waals surface area (Å²) in [6, 6.07) is 18.5. The molecule has 8 nitrogen and oxygen atoms in total. The molecular formula is C38H48ClNO7S. The Hall–Kier alpha value is -3.08. The number of halogens is 1. The van der Waals surface area contributed by atoms with Gasteiger partial charge in [0, 0.05) is 20.3 Å². The first kappa shape index (κ1) is 36.2. The first-order valence-corrected chi connectivity index (χ1v) is 18.7. The predicted molar refractivity (Wildman–Crippen MR) is 192 cm³/mol. The van der Waals surface area contributed by atoms with Gasteiger partial charge in [0.25, 0.3) is 10.1 Å². The fourth-order valence-electron chi connectivity index (χ4n) is 7.21. The summed E-state index contributed by atoms with van der Waals surface area (Å²) in [7, 11) is 0.0668. The summed E-state index contributed by atoms with van der Waals surface area (Å²) in [6.07, 6.45) is 7.13. The number of fused-ring (bicyclic) bond motifs is 1. The van der Waals surface area contributed by atoms with Gasteiger partial charge in [-0.25, -0.2) is 0 Å². The summed E-state index contributed by atoms with van der Waals surface area (Å²) < 4.78 is 60.5. The van der Waals surface area contributed by atoms with Crippen LogP contribution in [0.15, 0.2) is 60.7 Å². The topological polar surface area (TPSA) is 94.5 Å². The van der Waals surface area contributed by atoms with E-state index < -0.39 is 14.9 Å². The lowest BCUT2D eigenvalue weighted by molar-refractivity contribution is 0.183. The van der Waals surface area contributed by atoms with Crippen LogP contribution in [0.25, 0.3) is 11.1 Å². The smallest absolute Gasteiger partial charge is 0.279 e. The normalized spacial score (nSPS) is 16.7. The van der Waals surface area contributed by atoms with Crippen LogP contribution in [0.1, 0.15) is 73.6 Å². The van der Waals surface area contributed by atoms with Crippen molar-refractivity contribution in [1.29, 1.82) is 0 Å². The molecule has 48 heavy (non-hydrogen) atoms. The Bertz CT molecular complexity index is 1670. The highest BCUT2D eigenvalue weighted by molar-refractivity contribution is 7.87. The number of allylic oxidation sites excluding steroid dienone is 1. The maximum Gasteiger partial charge on any atom is 0.279 e. The van der Waals surface area contributed by atoms with Crippen molar-refractivity contribution in [2.24, 2.45) is 0 Å². The number of ether oxygens (including phenoxy) is 4. The summed E-state index contributed by atoms with van der Waals surface area (Å²) in [4.78, 5) is 2.42. The molecule has 2 aliphatic rings. The molecule has 0 saturated carbocycles. The van der Waals surface area contributed by atoms with Gasteiger partial charge in [0.2, 0.25) is 0 Å². The number of hydrogen-bond acceptors (Lipinski definition) is 7. The zero-order valence-corrected chi connectivity index (χ0v) is 29.9. The summed E-state index contributed by atoms with van der Waals surface area (Å²) in [6.45, 7) is 4.15. The highest BCUT2D eigenvalue weighted by Crippen LogP contribution is 2.54. The molecule has 1 heterocycles. The molecule has 1 aliphatic heterocycles. The van der Waals surface area contributed by atoms with Crippen molar-refractivity contribution in [2.45, 2.75) is 62.5 Å². The third kappa shape index (κ3) is 8.03. The highest BCUT2D eigenvalue weighted by atomic mass is 35.5.